The zero-order valence-electron chi connectivity index (χ0n) is 9.59. The lowest BCUT2D eigenvalue weighted by atomic mass is 10.2. The fraction of sp³-hybridized carbons (Fsp3) is 0.750. The molecule has 0 N–H and O–H groups in total. The van der Waals surface area contributed by atoms with Gasteiger partial charge in [0.15, 0.2) is 0 Å². The number of hydrogen-bond donors (Lipinski definition) is 0. The van der Waals surface area contributed by atoms with Gasteiger partial charge in [0, 0.05) is 0 Å². The molecule has 15 heavy (non-hydrogen) atoms. The van der Waals surface area contributed by atoms with Gasteiger partial charge in [-0.3, -0.25) is 4.68 Å². The van der Waals surface area contributed by atoms with Crippen LogP contribution in [0.5, 0.6) is 0 Å². The lowest BCUT2D eigenvalue weighted by Crippen LogP contribution is -2.10. The van der Waals surface area contributed by atoms with Crippen molar-refractivity contribution in [3.8, 4) is 0 Å². The first kappa shape index (κ1) is 11.4. The average molecular weight is 318 g/mol. The van der Waals surface area contributed by atoms with E-state index in [0.29, 0.717) is 6.04 Å². The van der Waals surface area contributed by atoms with Crippen molar-refractivity contribution >= 4 is 22.6 Å². The molecule has 1 aliphatic carbocycles. The Labute approximate surface area is 106 Å². The highest BCUT2D eigenvalue weighted by Gasteiger charge is 2.22. The van der Waals surface area contributed by atoms with Gasteiger partial charge >= 0.3 is 0 Å². The molecule has 1 saturated carbocycles. The number of aromatic nitrogens is 2. The Hall–Kier alpha value is -0.0600. The second-order valence-corrected chi connectivity index (χ2v) is 5.38. The summed E-state index contributed by atoms with van der Waals surface area (Å²) in [5, 5.41) is 4.79. The van der Waals surface area contributed by atoms with Crippen LogP contribution in [0.15, 0.2) is 0 Å². The van der Waals surface area contributed by atoms with E-state index in [1.165, 1.54) is 40.6 Å². The molecule has 0 aromatic carbocycles. The van der Waals surface area contributed by atoms with Crippen LogP contribution in [0.3, 0.4) is 0 Å². The first-order chi connectivity index (χ1) is 7.27. The van der Waals surface area contributed by atoms with Crippen LogP contribution < -0.4 is 0 Å². The third kappa shape index (κ3) is 2.08. The van der Waals surface area contributed by atoms with Gasteiger partial charge < -0.3 is 0 Å². The van der Waals surface area contributed by atoms with Crippen molar-refractivity contribution < 1.29 is 0 Å². The highest BCUT2D eigenvalue weighted by Crippen LogP contribution is 2.32. The largest absolute Gasteiger partial charge is 0.265 e. The summed E-state index contributed by atoms with van der Waals surface area (Å²) in [7, 11) is 0. The second kappa shape index (κ2) is 4.85. The molecule has 84 valence electrons. The van der Waals surface area contributed by atoms with Gasteiger partial charge in [-0.25, -0.2) is 0 Å². The molecule has 2 rings (SSSR count). The van der Waals surface area contributed by atoms with Crippen LogP contribution in [0.2, 0.25) is 0 Å². The summed E-state index contributed by atoms with van der Waals surface area (Å²) in [6.07, 6.45) is 7.59. The predicted molar refractivity (Wildman–Crippen MR) is 71.2 cm³/mol. The first-order valence-corrected chi connectivity index (χ1v) is 7.11. The third-order valence-corrected chi connectivity index (χ3v) is 4.60. The van der Waals surface area contributed by atoms with Gasteiger partial charge in [-0.05, 0) is 48.3 Å². The van der Waals surface area contributed by atoms with Gasteiger partial charge in [0.2, 0.25) is 0 Å². The van der Waals surface area contributed by atoms with Gasteiger partial charge in [-0.15, -0.1) is 0 Å². The third-order valence-electron chi connectivity index (χ3n) is 3.35. The van der Waals surface area contributed by atoms with Gasteiger partial charge in [0.25, 0.3) is 0 Å². The first-order valence-electron chi connectivity index (χ1n) is 6.03. The van der Waals surface area contributed by atoms with E-state index in [9.17, 15) is 0 Å². The molecule has 0 radical (unpaired) electrons. The van der Waals surface area contributed by atoms with Crippen LogP contribution >= 0.6 is 22.6 Å². The lowest BCUT2D eigenvalue weighted by Gasteiger charge is -2.13. The quantitative estimate of drug-likeness (QED) is 0.777. The van der Waals surface area contributed by atoms with E-state index in [4.69, 9.17) is 5.10 Å². The van der Waals surface area contributed by atoms with E-state index in [1.807, 2.05) is 0 Å². The molecule has 0 atom stereocenters. The van der Waals surface area contributed by atoms with Crippen molar-refractivity contribution in [3.05, 3.63) is 15.0 Å². The minimum absolute atomic E-state index is 0.689. The maximum atomic E-state index is 4.79. The van der Waals surface area contributed by atoms with Crippen molar-refractivity contribution in [2.45, 2.75) is 58.4 Å². The van der Waals surface area contributed by atoms with Gasteiger partial charge in [-0.1, -0.05) is 26.7 Å². The van der Waals surface area contributed by atoms with E-state index in [1.54, 1.807) is 0 Å². The summed E-state index contributed by atoms with van der Waals surface area (Å²) in [6.45, 7) is 4.44. The molecule has 1 aromatic rings. The summed E-state index contributed by atoms with van der Waals surface area (Å²) in [5.74, 6) is 0. The average Bonchev–Trinajstić information content (AvgIpc) is 2.84. The Balaban J connectivity index is 2.36. The molecule has 1 fully saturated rings. The normalized spacial score (nSPS) is 17.5. The number of nitrogens with zero attached hydrogens (tertiary/aromatic N) is 2. The molecule has 0 amide bonds. The van der Waals surface area contributed by atoms with E-state index < -0.39 is 0 Å². The molecule has 1 aromatic heterocycles. The molecule has 0 aliphatic heterocycles. The molecular weight excluding hydrogens is 299 g/mol. The molecule has 2 nitrogen and oxygen atoms in total. The van der Waals surface area contributed by atoms with Gasteiger partial charge in [-0.2, -0.15) is 5.10 Å². The molecule has 0 saturated heterocycles. The number of aryl methyl sites for hydroxylation is 1. The molecule has 3 heteroatoms. The zero-order chi connectivity index (χ0) is 10.8. The summed E-state index contributed by atoms with van der Waals surface area (Å²) < 4.78 is 3.73. The Kier molecular flexibility index (Phi) is 3.69. The monoisotopic (exact) mass is 318 g/mol. The van der Waals surface area contributed by atoms with Crippen LogP contribution in [0, 0.1) is 3.57 Å². The minimum Gasteiger partial charge on any atom is -0.265 e. The minimum atomic E-state index is 0.689. The topological polar surface area (TPSA) is 17.8 Å². The van der Waals surface area contributed by atoms with Crippen molar-refractivity contribution in [2.75, 3.05) is 0 Å². The fourth-order valence-electron chi connectivity index (χ4n) is 2.50. The predicted octanol–water partition coefficient (Wildman–Crippen LogP) is 3.73. The van der Waals surface area contributed by atoms with Crippen LogP contribution in [0.25, 0.3) is 0 Å². The van der Waals surface area contributed by atoms with E-state index in [2.05, 4.69) is 41.1 Å². The van der Waals surface area contributed by atoms with E-state index in [-0.39, 0.29) is 0 Å². The fourth-order valence-corrected chi connectivity index (χ4v) is 3.61. The summed E-state index contributed by atoms with van der Waals surface area (Å²) in [4.78, 5) is 0. The highest BCUT2D eigenvalue weighted by atomic mass is 127. The van der Waals surface area contributed by atoms with Crippen LogP contribution in [-0.4, -0.2) is 9.78 Å². The smallest absolute Gasteiger partial charge is 0.0758 e. The van der Waals surface area contributed by atoms with Crippen molar-refractivity contribution in [2.24, 2.45) is 0 Å². The maximum absolute atomic E-state index is 4.79. The molecular formula is C12H19IN2. The van der Waals surface area contributed by atoms with Crippen LogP contribution in [0.4, 0.5) is 0 Å². The number of hydrogen-bond acceptors (Lipinski definition) is 1. The molecule has 0 unspecified atom stereocenters. The van der Waals surface area contributed by atoms with Gasteiger partial charge in [0.1, 0.15) is 0 Å². The van der Waals surface area contributed by atoms with E-state index >= 15 is 0 Å². The zero-order valence-corrected chi connectivity index (χ0v) is 11.7. The van der Waals surface area contributed by atoms with Crippen molar-refractivity contribution in [3.63, 3.8) is 0 Å². The number of halogens is 1. The Bertz CT molecular complexity index is 338. The summed E-state index contributed by atoms with van der Waals surface area (Å²) in [5.41, 5.74) is 2.75. The Morgan fingerprint density at radius 1 is 1.27 bits per heavy atom. The SMILES string of the molecule is CCc1nn(C2CCCC2)c(CC)c1I. The van der Waals surface area contributed by atoms with Crippen molar-refractivity contribution in [1.82, 2.24) is 9.78 Å². The van der Waals surface area contributed by atoms with E-state index in [0.717, 1.165) is 12.8 Å². The maximum Gasteiger partial charge on any atom is 0.0758 e. The van der Waals surface area contributed by atoms with Gasteiger partial charge in [0.05, 0.1) is 21.0 Å². The molecule has 0 bridgehead atoms. The Morgan fingerprint density at radius 2 is 1.93 bits per heavy atom. The number of rotatable bonds is 3. The van der Waals surface area contributed by atoms with Crippen molar-refractivity contribution in [1.29, 1.82) is 0 Å². The molecule has 1 heterocycles. The highest BCUT2D eigenvalue weighted by molar-refractivity contribution is 14.1. The van der Waals surface area contributed by atoms with Crippen LogP contribution in [0.1, 0.15) is 57.0 Å². The summed E-state index contributed by atoms with van der Waals surface area (Å²) >= 11 is 2.46. The standard InChI is InChI=1S/C12H19IN2/c1-3-10-12(13)11(4-2)15(14-10)9-7-5-6-8-9/h9H,3-8H2,1-2H3. The molecule has 0 spiro atoms. The summed E-state index contributed by atoms with van der Waals surface area (Å²) in [6, 6.07) is 0.689. The molecule has 1 aliphatic rings. The van der Waals surface area contributed by atoms with Crippen LogP contribution in [-0.2, 0) is 12.8 Å². The lowest BCUT2D eigenvalue weighted by molar-refractivity contribution is 0.448. The Morgan fingerprint density at radius 3 is 2.47 bits per heavy atom. The second-order valence-electron chi connectivity index (χ2n) is 4.30.